The van der Waals surface area contributed by atoms with Gasteiger partial charge in [-0.25, -0.2) is 9.36 Å². The first-order valence-electron chi connectivity index (χ1n) is 9.00. The Balaban J connectivity index is 1.87. The predicted octanol–water partition coefficient (Wildman–Crippen LogP) is 4.58. The molecule has 30 heavy (non-hydrogen) atoms. The van der Waals surface area contributed by atoms with Gasteiger partial charge in [0.05, 0.1) is 0 Å². The number of thioether (sulfide) groups is 1. The van der Waals surface area contributed by atoms with Gasteiger partial charge in [-0.1, -0.05) is 45.9 Å². The molecule has 0 radical (unpaired) electrons. The second-order valence-corrected chi connectivity index (χ2v) is 9.74. The number of anilines is 1. The van der Waals surface area contributed by atoms with Crippen molar-refractivity contribution in [1.29, 1.82) is 0 Å². The summed E-state index contributed by atoms with van der Waals surface area (Å²) in [6.07, 6.45) is 2.55. The van der Waals surface area contributed by atoms with Crippen molar-refractivity contribution in [2.75, 3.05) is 5.32 Å². The van der Waals surface area contributed by atoms with E-state index in [1.54, 1.807) is 57.4 Å². The molecule has 0 saturated carbocycles. The third-order valence-corrected chi connectivity index (χ3v) is 5.48. The summed E-state index contributed by atoms with van der Waals surface area (Å²) in [6.45, 7) is 5.32. The highest BCUT2D eigenvalue weighted by molar-refractivity contribution is 9.11. The summed E-state index contributed by atoms with van der Waals surface area (Å²) >= 11 is 4.40. The van der Waals surface area contributed by atoms with Gasteiger partial charge in [-0.15, -0.1) is 10.2 Å². The van der Waals surface area contributed by atoms with Gasteiger partial charge in [0.2, 0.25) is 11.1 Å². The van der Waals surface area contributed by atoms with E-state index in [2.05, 4.69) is 36.4 Å². The highest BCUT2D eigenvalue weighted by Gasteiger charge is 2.28. The van der Waals surface area contributed by atoms with Crippen molar-refractivity contribution in [2.24, 2.45) is 0 Å². The van der Waals surface area contributed by atoms with Crippen LogP contribution in [0.2, 0.25) is 0 Å². The molecule has 0 aliphatic heterocycles. The Kier molecular flexibility index (Phi) is 6.88. The molecule has 10 heteroatoms. The summed E-state index contributed by atoms with van der Waals surface area (Å²) in [5.41, 5.74) is 0.603. The van der Waals surface area contributed by atoms with Gasteiger partial charge in [0.15, 0.2) is 5.82 Å². The maximum atomic E-state index is 12.9. The van der Waals surface area contributed by atoms with Crippen LogP contribution in [-0.4, -0.2) is 41.5 Å². The molecule has 0 bridgehead atoms. The third-order valence-electron chi connectivity index (χ3n) is 3.60. The quantitative estimate of drug-likeness (QED) is 0.413. The minimum atomic E-state index is -0.714. The van der Waals surface area contributed by atoms with Crippen molar-refractivity contribution in [2.45, 2.75) is 35.7 Å². The van der Waals surface area contributed by atoms with Crippen molar-refractivity contribution in [3.63, 3.8) is 0 Å². The Morgan fingerprint density at radius 3 is 2.40 bits per heavy atom. The normalized spacial score (nSPS) is 12.3. The number of aromatic nitrogens is 4. The minimum absolute atomic E-state index is 0.223. The molecule has 3 rings (SSSR count). The molecule has 2 aromatic heterocycles. The largest absolute Gasteiger partial charge is 0.443 e. The van der Waals surface area contributed by atoms with E-state index in [-0.39, 0.29) is 11.1 Å². The molecular formula is C20H20BrN5O3S. The maximum Gasteiger partial charge on any atom is 0.422 e. The van der Waals surface area contributed by atoms with E-state index in [9.17, 15) is 9.59 Å². The Morgan fingerprint density at radius 1 is 1.10 bits per heavy atom. The van der Waals surface area contributed by atoms with Crippen molar-refractivity contribution in [3.8, 4) is 11.4 Å². The summed E-state index contributed by atoms with van der Waals surface area (Å²) in [5.74, 6) is 0.00715. The fourth-order valence-corrected chi connectivity index (χ4v) is 3.69. The van der Waals surface area contributed by atoms with E-state index < -0.39 is 15.9 Å². The fraction of sp³-hybridized carbons (Fsp3) is 0.250. The molecule has 0 aliphatic carbocycles. The summed E-state index contributed by atoms with van der Waals surface area (Å²) in [6, 6.07) is 12.5. The average molecular weight is 490 g/mol. The number of benzene rings is 1. The highest BCUT2D eigenvalue weighted by Crippen LogP contribution is 2.31. The number of pyridine rings is 1. The number of nitrogens with zero attached hydrogens (tertiary/aromatic N) is 4. The number of amides is 1. The molecule has 156 valence electrons. The number of rotatable bonds is 5. The van der Waals surface area contributed by atoms with Crippen LogP contribution in [0.1, 0.15) is 20.8 Å². The van der Waals surface area contributed by atoms with Crippen LogP contribution in [0.25, 0.3) is 11.4 Å². The van der Waals surface area contributed by atoms with Crippen molar-refractivity contribution in [1.82, 2.24) is 19.7 Å². The topological polar surface area (TPSA) is 99.0 Å². The third kappa shape index (κ3) is 5.67. The van der Waals surface area contributed by atoms with Gasteiger partial charge in [-0.05, 0) is 45.0 Å². The van der Waals surface area contributed by atoms with Gasteiger partial charge in [0.25, 0.3) is 0 Å². The molecule has 1 amide bonds. The summed E-state index contributed by atoms with van der Waals surface area (Å²) < 4.78 is 6.07. The van der Waals surface area contributed by atoms with E-state index in [0.717, 1.165) is 11.8 Å². The van der Waals surface area contributed by atoms with Crippen LogP contribution < -0.4 is 5.32 Å². The summed E-state index contributed by atoms with van der Waals surface area (Å²) in [4.78, 5) is 29.4. The van der Waals surface area contributed by atoms with Crippen molar-refractivity contribution >= 4 is 45.4 Å². The number of halogens is 1. The smallest absolute Gasteiger partial charge is 0.422 e. The van der Waals surface area contributed by atoms with Crippen LogP contribution in [0.15, 0.2) is 60.0 Å². The molecule has 3 aromatic rings. The Morgan fingerprint density at radius 2 is 1.77 bits per heavy atom. The van der Waals surface area contributed by atoms with E-state index in [1.807, 2.05) is 18.2 Å². The summed E-state index contributed by atoms with van der Waals surface area (Å²) in [5, 5.41) is 11.3. The number of para-hydroxylation sites is 1. The second-order valence-electron chi connectivity index (χ2n) is 7.15. The SMILES string of the molecule is CC(C)(C)OC(=O)n1c(SC(Br)C(=O)Nc2ccccc2)nnc1-c1ccncc1. The number of alkyl halides is 1. The van der Waals surface area contributed by atoms with Gasteiger partial charge in [-0.2, -0.15) is 0 Å². The van der Waals surface area contributed by atoms with E-state index in [4.69, 9.17) is 4.74 Å². The van der Waals surface area contributed by atoms with Crippen LogP contribution in [0, 0.1) is 0 Å². The predicted molar refractivity (Wildman–Crippen MR) is 119 cm³/mol. The molecule has 0 fully saturated rings. The summed E-state index contributed by atoms with van der Waals surface area (Å²) in [7, 11) is 0. The van der Waals surface area contributed by atoms with E-state index >= 15 is 0 Å². The standard InChI is InChI=1S/C20H20BrN5O3S/c1-20(2,3)29-19(28)26-16(13-9-11-22-12-10-13)24-25-18(26)30-15(21)17(27)23-14-7-5-4-6-8-14/h4-12,15H,1-3H3,(H,23,27). The van der Waals surface area contributed by atoms with Crippen LogP contribution >= 0.6 is 27.7 Å². The van der Waals surface area contributed by atoms with Crippen molar-refractivity contribution in [3.05, 3.63) is 54.9 Å². The first-order chi connectivity index (χ1) is 14.2. The number of carbonyl (C=O) groups is 2. The molecule has 1 N–H and O–H groups in total. The number of nitrogens with one attached hydrogen (secondary N) is 1. The van der Waals surface area contributed by atoms with Crippen LogP contribution in [-0.2, 0) is 9.53 Å². The zero-order valence-electron chi connectivity index (χ0n) is 16.6. The van der Waals surface area contributed by atoms with Gasteiger partial charge in [0, 0.05) is 23.6 Å². The molecule has 2 heterocycles. The van der Waals surface area contributed by atoms with Gasteiger partial charge in [0.1, 0.15) is 9.76 Å². The molecule has 1 atom stereocenters. The number of hydrogen-bond donors (Lipinski definition) is 1. The first-order valence-corrected chi connectivity index (χ1v) is 10.8. The molecule has 8 nitrogen and oxygen atoms in total. The van der Waals surface area contributed by atoms with Gasteiger partial charge in [-0.3, -0.25) is 9.78 Å². The Hall–Kier alpha value is -2.72. The second kappa shape index (κ2) is 9.40. The fourth-order valence-electron chi connectivity index (χ4n) is 2.37. The highest BCUT2D eigenvalue weighted by atomic mass is 79.9. The number of ether oxygens (including phenoxy) is 1. The lowest BCUT2D eigenvalue weighted by Gasteiger charge is -2.20. The molecule has 1 aromatic carbocycles. The zero-order valence-corrected chi connectivity index (χ0v) is 19.0. The molecule has 0 aliphatic rings. The van der Waals surface area contributed by atoms with Crippen LogP contribution in [0.4, 0.5) is 10.5 Å². The maximum absolute atomic E-state index is 12.9. The lowest BCUT2D eigenvalue weighted by atomic mass is 10.2. The monoisotopic (exact) mass is 489 g/mol. The van der Waals surface area contributed by atoms with Crippen molar-refractivity contribution < 1.29 is 14.3 Å². The van der Waals surface area contributed by atoms with Crippen LogP contribution in [0.3, 0.4) is 0 Å². The molecule has 0 saturated heterocycles. The van der Waals surface area contributed by atoms with Crippen LogP contribution in [0.5, 0.6) is 0 Å². The van der Waals surface area contributed by atoms with E-state index in [0.29, 0.717) is 17.1 Å². The molecule has 0 spiro atoms. The Labute approximate surface area is 186 Å². The lowest BCUT2D eigenvalue weighted by molar-refractivity contribution is -0.114. The molecular weight excluding hydrogens is 470 g/mol. The number of hydrogen-bond acceptors (Lipinski definition) is 7. The number of carbonyl (C=O) groups excluding carboxylic acids is 2. The average Bonchev–Trinajstić information content (AvgIpc) is 3.12. The van der Waals surface area contributed by atoms with E-state index in [1.165, 1.54) is 4.57 Å². The van der Waals surface area contributed by atoms with Gasteiger partial charge < -0.3 is 10.1 Å². The first kappa shape index (κ1) is 22.0. The zero-order chi connectivity index (χ0) is 21.7. The lowest BCUT2D eigenvalue weighted by Crippen LogP contribution is -2.28. The minimum Gasteiger partial charge on any atom is -0.443 e. The Bertz CT molecular complexity index is 1020. The molecule has 1 unspecified atom stereocenters. The van der Waals surface area contributed by atoms with Gasteiger partial charge >= 0.3 is 6.09 Å².